The molecule has 0 aromatic carbocycles. The lowest BCUT2D eigenvalue weighted by Gasteiger charge is -2.14. The van der Waals surface area contributed by atoms with E-state index in [4.69, 9.17) is 0 Å². The maximum Gasteiger partial charge on any atom is 0.219 e. The van der Waals surface area contributed by atoms with Crippen LogP contribution in [-0.4, -0.2) is 23.9 Å². The van der Waals surface area contributed by atoms with Gasteiger partial charge in [-0.2, -0.15) is 0 Å². The van der Waals surface area contributed by atoms with Crippen molar-refractivity contribution in [1.29, 1.82) is 0 Å². The lowest BCUT2D eigenvalue weighted by atomic mass is 10.5. The van der Waals surface area contributed by atoms with Gasteiger partial charge in [0, 0.05) is 20.0 Å². The summed E-state index contributed by atoms with van der Waals surface area (Å²) in [6, 6.07) is 0. The number of hydrogen-bond acceptors (Lipinski definition) is 1. The molecule has 0 saturated heterocycles. The van der Waals surface area contributed by atoms with Gasteiger partial charge in [-0.1, -0.05) is 0 Å². The second-order valence-corrected chi connectivity index (χ2v) is 1.69. The van der Waals surface area contributed by atoms with E-state index in [0.29, 0.717) is 0 Å². The Hall–Kier alpha value is -0.240. The number of carbonyl (C=O) groups excluding carboxylic acids is 1. The monoisotopic (exact) mass is 151 g/mol. The van der Waals surface area contributed by atoms with Crippen molar-refractivity contribution in [2.24, 2.45) is 0 Å². The maximum absolute atomic E-state index is 10.5. The average molecular weight is 152 g/mol. The Bertz CT molecular complexity index is 81.1. The zero-order chi connectivity index (χ0) is 6.57. The van der Waals surface area contributed by atoms with Crippen molar-refractivity contribution in [3.8, 4) is 0 Å². The third kappa shape index (κ3) is 4.28. The van der Waals surface area contributed by atoms with Crippen LogP contribution < -0.4 is 0 Å². The number of nitrogens with zero attached hydrogens (tertiary/aromatic N) is 1. The van der Waals surface area contributed by atoms with Crippen LogP contribution in [-0.2, 0) is 4.79 Å². The third-order valence-electron chi connectivity index (χ3n) is 1.21. The molecule has 0 rings (SSSR count). The third-order valence-corrected chi connectivity index (χ3v) is 1.21. The fourth-order valence-electron chi connectivity index (χ4n) is 0.669. The summed E-state index contributed by atoms with van der Waals surface area (Å²) in [5.74, 6) is 0.162. The van der Waals surface area contributed by atoms with Gasteiger partial charge < -0.3 is 4.90 Å². The predicted octanol–water partition coefficient (Wildman–Crippen LogP) is 1.30. The summed E-state index contributed by atoms with van der Waals surface area (Å²) in [5, 5.41) is 0. The van der Waals surface area contributed by atoms with Crippen LogP contribution >= 0.6 is 12.4 Å². The molecule has 0 radical (unpaired) electrons. The molecule has 2 nitrogen and oxygen atoms in total. The summed E-state index contributed by atoms with van der Waals surface area (Å²) in [5.41, 5.74) is 0. The lowest BCUT2D eigenvalue weighted by molar-refractivity contribution is -0.128. The van der Waals surface area contributed by atoms with Gasteiger partial charge >= 0.3 is 0 Å². The van der Waals surface area contributed by atoms with Gasteiger partial charge in [-0.25, -0.2) is 0 Å². The average Bonchev–Trinajstić information content (AvgIpc) is 1.69. The first-order valence-electron chi connectivity index (χ1n) is 2.97. The zero-order valence-electron chi connectivity index (χ0n) is 6.18. The zero-order valence-corrected chi connectivity index (χ0v) is 6.99. The van der Waals surface area contributed by atoms with E-state index < -0.39 is 0 Å². The number of hydrogen-bond donors (Lipinski definition) is 0. The molecule has 0 atom stereocenters. The van der Waals surface area contributed by atoms with Crippen LogP contribution in [0.4, 0.5) is 0 Å². The van der Waals surface area contributed by atoms with E-state index in [-0.39, 0.29) is 18.3 Å². The molecule has 0 spiro atoms. The first kappa shape index (κ1) is 11.5. The fraction of sp³-hybridized carbons (Fsp3) is 0.833. The lowest BCUT2D eigenvalue weighted by Crippen LogP contribution is -2.27. The summed E-state index contributed by atoms with van der Waals surface area (Å²) in [6.07, 6.45) is 0. The fourth-order valence-corrected chi connectivity index (χ4v) is 0.669. The van der Waals surface area contributed by atoms with Crippen LogP contribution in [0.25, 0.3) is 0 Å². The topological polar surface area (TPSA) is 20.3 Å². The van der Waals surface area contributed by atoms with Crippen molar-refractivity contribution in [3.05, 3.63) is 0 Å². The highest BCUT2D eigenvalue weighted by atomic mass is 35.5. The Balaban J connectivity index is 0. The Labute approximate surface area is 62.6 Å². The Kier molecular flexibility index (Phi) is 7.55. The Morgan fingerprint density at radius 2 is 1.67 bits per heavy atom. The normalized spacial score (nSPS) is 7.89. The second kappa shape index (κ2) is 5.89. The highest BCUT2D eigenvalue weighted by Crippen LogP contribution is 1.84. The summed E-state index contributed by atoms with van der Waals surface area (Å²) >= 11 is 0. The van der Waals surface area contributed by atoms with Crippen LogP contribution in [0.1, 0.15) is 20.8 Å². The van der Waals surface area contributed by atoms with E-state index >= 15 is 0 Å². The van der Waals surface area contributed by atoms with Gasteiger partial charge in [-0.05, 0) is 13.8 Å². The van der Waals surface area contributed by atoms with Gasteiger partial charge in [-0.3, -0.25) is 4.79 Å². The largest absolute Gasteiger partial charge is 0.343 e. The number of amides is 1. The smallest absolute Gasteiger partial charge is 0.219 e. The van der Waals surface area contributed by atoms with Gasteiger partial charge in [0.05, 0.1) is 0 Å². The molecule has 0 aliphatic carbocycles. The molecule has 0 aromatic heterocycles. The summed E-state index contributed by atoms with van der Waals surface area (Å²) in [7, 11) is 0. The van der Waals surface area contributed by atoms with Crippen molar-refractivity contribution in [3.63, 3.8) is 0 Å². The summed E-state index contributed by atoms with van der Waals surface area (Å²) in [4.78, 5) is 12.3. The van der Waals surface area contributed by atoms with E-state index in [9.17, 15) is 4.79 Å². The van der Waals surface area contributed by atoms with Gasteiger partial charge in [0.25, 0.3) is 0 Å². The number of rotatable bonds is 2. The minimum absolute atomic E-state index is 0. The van der Waals surface area contributed by atoms with Gasteiger partial charge in [0.1, 0.15) is 0 Å². The molecule has 1 amide bonds. The van der Waals surface area contributed by atoms with Gasteiger partial charge in [0.15, 0.2) is 0 Å². The van der Waals surface area contributed by atoms with E-state index in [1.54, 1.807) is 11.8 Å². The van der Waals surface area contributed by atoms with E-state index in [1.165, 1.54) is 0 Å². The highest BCUT2D eigenvalue weighted by molar-refractivity contribution is 5.85. The van der Waals surface area contributed by atoms with Crippen molar-refractivity contribution < 1.29 is 4.79 Å². The number of halogens is 1. The second-order valence-electron chi connectivity index (χ2n) is 1.69. The molecule has 0 heterocycles. The van der Waals surface area contributed by atoms with Crippen molar-refractivity contribution in [2.45, 2.75) is 20.8 Å². The summed E-state index contributed by atoms with van der Waals surface area (Å²) in [6.45, 7) is 7.19. The molecule has 3 heteroatoms. The van der Waals surface area contributed by atoms with Crippen LogP contribution in [0.3, 0.4) is 0 Å². The molecular weight excluding hydrogens is 138 g/mol. The SMILES string of the molecule is CCN(CC)C(C)=O.Cl. The van der Waals surface area contributed by atoms with Crippen LogP contribution in [0.2, 0.25) is 0 Å². The molecule has 0 fully saturated rings. The van der Waals surface area contributed by atoms with E-state index in [1.807, 2.05) is 13.8 Å². The van der Waals surface area contributed by atoms with Crippen molar-refractivity contribution >= 4 is 18.3 Å². The molecule has 0 aromatic rings. The first-order chi connectivity index (χ1) is 3.72. The predicted molar refractivity (Wildman–Crippen MR) is 40.9 cm³/mol. The molecule has 56 valence electrons. The molecule has 0 aliphatic heterocycles. The number of carbonyl (C=O) groups is 1. The quantitative estimate of drug-likeness (QED) is 0.583. The molecule has 0 bridgehead atoms. The standard InChI is InChI=1S/C6H13NO.ClH/c1-4-7(5-2)6(3)8;/h4-5H2,1-3H3;1H. The molecule has 0 aliphatic rings. The van der Waals surface area contributed by atoms with Crippen LogP contribution in [0, 0.1) is 0 Å². The molecule has 0 saturated carbocycles. The van der Waals surface area contributed by atoms with Crippen LogP contribution in [0.15, 0.2) is 0 Å². The van der Waals surface area contributed by atoms with E-state index in [0.717, 1.165) is 13.1 Å². The summed E-state index contributed by atoms with van der Waals surface area (Å²) < 4.78 is 0. The molecule has 9 heavy (non-hydrogen) atoms. The van der Waals surface area contributed by atoms with Gasteiger partial charge in [-0.15, -0.1) is 12.4 Å². The Morgan fingerprint density at radius 3 is 1.67 bits per heavy atom. The maximum atomic E-state index is 10.5. The minimum atomic E-state index is 0. The molecule has 0 N–H and O–H groups in total. The Morgan fingerprint density at radius 1 is 1.33 bits per heavy atom. The minimum Gasteiger partial charge on any atom is -0.343 e. The van der Waals surface area contributed by atoms with Crippen LogP contribution in [0.5, 0.6) is 0 Å². The van der Waals surface area contributed by atoms with Crippen molar-refractivity contribution in [2.75, 3.05) is 13.1 Å². The highest BCUT2D eigenvalue weighted by Gasteiger charge is 1.99. The first-order valence-corrected chi connectivity index (χ1v) is 2.97. The van der Waals surface area contributed by atoms with E-state index in [2.05, 4.69) is 0 Å². The van der Waals surface area contributed by atoms with Gasteiger partial charge in [0.2, 0.25) is 5.91 Å². The molecule has 0 unspecified atom stereocenters. The van der Waals surface area contributed by atoms with Crippen molar-refractivity contribution in [1.82, 2.24) is 4.90 Å². The molecular formula is C6H14ClNO.